The molecule has 1 unspecified atom stereocenters. The number of nitrogens with zero attached hydrogens (tertiary/aromatic N) is 1. The number of ether oxygens (including phenoxy) is 1. The van der Waals surface area contributed by atoms with Crippen LogP contribution >= 0.6 is 0 Å². The zero-order chi connectivity index (χ0) is 14.4. The highest BCUT2D eigenvalue weighted by atomic mass is 16.6. The Labute approximate surface area is 118 Å². The van der Waals surface area contributed by atoms with E-state index in [1.165, 1.54) is 0 Å². The maximum atomic E-state index is 10.9. The Kier molecular flexibility index (Phi) is 5.17. The molecule has 0 spiro atoms. The van der Waals surface area contributed by atoms with Crippen molar-refractivity contribution in [3.63, 3.8) is 0 Å². The smallest absolute Gasteiger partial charge is 0.273 e. The minimum absolute atomic E-state index is 0.103. The van der Waals surface area contributed by atoms with E-state index in [1.807, 2.05) is 13.0 Å². The van der Waals surface area contributed by atoms with Gasteiger partial charge in [-0.25, -0.2) is 0 Å². The molecule has 110 valence electrons. The monoisotopic (exact) mass is 279 g/mol. The minimum atomic E-state index is -0.365. The number of hydrogen-bond acceptors (Lipinski definition) is 5. The Morgan fingerprint density at radius 3 is 2.70 bits per heavy atom. The van der Waals surface area contributed by atoms with Crippen LogP contribution in [0.3, 0.4) is 0 Å². The van der Waals surface area contributed by atoms with Crippen LogP contribution in [0.15, 0.2) is 18.2 Å². The highest BCUT2D eigenvalue weighted by Crippen LogP contribution is 2.25. The number of nitro groups is 1. The highest BCUT2D eigenvalue weighted by Gasteiger charge is 2.15. The second kappa shape index (κ2) is 7.09. The van der Waals surface area contributed by atoms with Crippen LogP contribution in [0.1, 0.15) is 19.8 Å². The first kappa shape index (κ1) is 14.6. The lowest BCUT2D eigenvalue weighted by Gasteiger charge is -2.22. The van der Waals surface area contributed by atoms with E-state index in [0.29, 0.717) is 5.92 Å². The third-order valence-electron chi connectivity index (χ3n) is 3.36. The molecule has 0 aliphatic carbocycles. The van der Waals surface area contributed by atoms with Crippen molar-refractivity contribution in [1.29, 1.82) is 0 Å². The molecule has 1 aliphatic rings. The fraction of sp³-hybridized carbons (Fsp3) is 0.571. The summed E-state index contributed by atoms with van der Waals surface area (Å²) in [4.78, 5) is 10.6. The van der Waals surface area contributed by atoms with Crippen LogP contribution in [0.25, 0.3) is 0 Å². The van der Waals surface area contributed by atoms with Gasteiger partial charge in [0.15, 0.2) is 0 Å². The van der Waals surface area contributed by atoms with Gasteiger partial charge in [0.05, 0.1) is 11.5 Å². The second-order valence-corrected chi connectivity index (χ2v) is 5.02. The molecule has 1 saturated heterocycles. The first-order valence-corrected chi connectivity index (χ1v) is 7.04. The zero-order valence-electron chi connectivity index (χ0n) is 11.7. The molecule has 20 heavy (non-hydrogen) atoms. The van der Waals surface area contributed by atoms with Gasteiger partial charge in [-0.15, -0.1) is 0 Å². The number of nitrogens with one attached hydrogen (secondary N) is 2. The van der Waals surface area contributed by atoms with Gasteiger partial charge < -0.3 is 15.4 Å². The molecule has 0 bridgehead atoms. The lowest BCUT2D eigenvalue weighted by molar-refractivity contribution is -0.384. The second-order valence-electron chi connectivity index (χ2n) is 5.02. The Balaban J connectivity index is 2.03. The predicted molar refractivity (Wildman–Crippen MR) is 79.3 cm³/mol. The van der Waals surface area contributed by atoms with Gasteiger partial charge in [-0.1, -0.05) is 0 Å². The number of nitro benzene ring substituents is 1. The summed E-state index contributed by atoms with van der Waals surface area (Å²) in [7, 11) is 0. The molecule has 2 N–H and O–H groups in total. The lowest BCUT2D eigenvalue weighted by Crippen LogP contribution is -2.24. The van der Waals surface area contributed by atoms with Crippen LogP contribution < -0.4 is 10.6 Å². The number of benzene rings is 1. The summed E-state index contributed by atoms with van der Waals surface area (Å²) < 4.78 is 5.43. The number of rotatable bonds is 6. The number of non-ortho nitro benzene ring substituents is 1. The SMILES string of the molecule is CCNc1cc(NCC2CCCOC2)cc([N+](=O)[O-])c1. The summed E-state index contributed by atoms with van der Waals surface area (Å²) in [5, 5.41) is 17.3. The van der Waals surface area contributed by atoms with Crippen molar-refractivity contribution in [1.82, 2.24) is 0 Å². The van der Waals surface area contributed by atoms with Gasteiger partial charge in [-0.2, -0.15) is 0 Å². The average Bonchev–Trinajstić information content (AvgIpc) is 2.46. The van der Waals surface area contributed by atoms with Crippen molar-refractivity contribution in [3.8, 4) is 0 Å². The van der Waals surface area contributed by atoms with Gasteiger partial charge >= 0.3 is 0 Å². The van der Waals surface area contributed by atoms with Gasteiger partial charge in [0.2, 0.25) is 0 Å². The summed E-state index contributed by atoms with van der Waals surface area (Å²) in [5.41, 5.74) is 1.65. The summed E-state index contributed by atoms with van der Waals surface area (Å²) >= 11 is 0. The quantitative estimate of drug-likeness (QED) is 0.618. The van der Waals surface area contributed by atoms with E-state index in [0.717, 1.165) is 50.5 Å². The summed E-state index contributed by atoms with van der Waals surface area (Å²) in [6.07, 6.45) is 2.23. The summed E-state index contributed by atoms with van der Waals surface area (Å²) in [6, 6.07) is 5.03. The van der Waals surface area contributed by atoms with E-state index in [1.54, 1.807) is 12.1 Å². The van der Waals surface area contributed by atoms with Crippen molar-refractivity contribution >= 4 is 17.1 Å². The van der Waals surface area contributed by atoms with E-state index in [4.69, 9.17) is 4.74 Å². The van der Waals surface area contributed by atoms with E-state index < -0.39 is 0 Å². The van der Waals surface area contributed by atoms with Crippen LogP contribution in [-0.2, 0) is 4.74 Å². The largest absolute Gasteiger partial charge is 0.385 e. The van der Waals surface area contributed by atoms with Gasteiger partial charge in [0, 0.05) is 43.2 Å². The Hall–Kier alpha value is -1.82. The standard InChI is InChI=1S/C14H21N3O3/c1-2-15-12-6-13(8-14(7-12)17(18)19)16-9-11-4-3-5-20-10-11/h6-8,11,15-16H,2-5,9-10H2,1H3. The molecular formula is C14H21N3O3. The summed E-state index contributed by atoms with van der Waals surface area (Å²) in [6.45, 7) is 5.09. The van der Waals surface area contributed by atoms with Crippen molar-refractivity contribution in [2.45, 2.75) is 19.8 Å². The lowest BCUT2D eigenvalue weighted by atomic mass is 10.0. The van der Waals surface area contributed by atoms with E-state index >= 15 is 0 Å². The topological polar surface area (TPSA) is 76.4 Å². The maximum Gasteiger partial charge on any atom is 0.273 e. The minimum Gasteiger partial charge on any atom is -0.385 e. The fourth-order valence-corrected chi connectivity index (χ4v) is 2.36. The third-order valence-corrected chi connectivity index (χ3v) is 3.36. The van der Waals surface area contributed by atoms with Crippen LogP contribution in [0.4, 0.5) is 17.1 Å². The molecule has 0 saturated carbocycles. The molecule has 2 rings (SSSR count). The molecule has 0 radical (unpaired) electrons. The molecule has 1 heterocycles. The zero-order valence-corrected chi connectivity index (χ0v) is 11.7. The van der Waals surface area contributed by atoms with Crippen molar-refractivity contribution in [3.05, 3.63) is 28.3 Å². The normalized spacial score (nSPS) is 18.6. The first-order chi connectivity index (χ1) is 9.69. The van der Waals surface area contributed by atoms with Crippen LogP contribution in [-0.4, -0.2) is 31.2 Å². The fourth-order valence-electron chi connectivity index (χ4n) is 2.36. The Morgan fingerprint density at radius 2 is 2.10 bits per heavy atom. The van der Waals surface area contributed by atoms with Crippen LogP contribution in [0.2, 0.25) is 0 Å². The van der Waals surface area contributed by atoms with E-state index in [-0.39, 0.29) is 10.6 Å². The molecule has 1 atom stereocenters. The van der Waals surface area contributed by atoms with Gasteiger partial charge in [0.1, 0.15) is 0 Å². The molecule has 6 nitrogen and oxygen atoms in total. The Morgan fingerprint density at radius 1 is 1.35 bits per heavy atom. The van der Waals surface area contributed by atoms with E-state index in [2.05, 4.69) is 10.6 Å². The predicted octanol–water partition coefficient (Wildman–Crippen LogP) is 2.87. The van der Waals surface area contributed by atoms with Crippen molar-refractivity contribution in [2.75, 3.05) is 36.9 Å². The molecule has 1 aromatic rings. The summed E-state index contributed by atoms with van der Waals surface area (Å²) in [5.74, 6) is 0.477. The highest BCUT2D eigenvalue weighted by molar-refractivity contribution is 5.63. The molecule has 0 aromatic heterocycles. The molecular weight excluding hydrogens is 258 g/mol. The molecule has 1 aliphatic heterocycles. The molecule has 1 fully saturated rings. The van der Waals surface area contributed by atoms with Gasteiger partial charge in [0.25, 0.3) is 5.69 Å². The number of hydrogen-bond donors (Lipinski definition) is 2. The van der Waals surface area contributed by atoms with Gasteiger partial charge in [-0.05, 0) is 31.7 Å². The van der Waals surface area contributed by atoms with Crippen molar-refractivity contribution < 1.29 is 9.66 Å². The first-order valence-electron chi connectivity index (χ1n) is 7.04. The molecule has 0 amide bonds. The van der Waals surface area contributed by atoms with E-state index in [9.17, 15) is 10.1 Å². The average molecular weight is 279 g/mol. The van der Waals surface area contributed by atoms with Crippen LogP contribution in [0.5, 0.6) is 0 Å². The molecule has 1 aromatic carbocycles. The third kappa shape index (κ3) is 4.09. The Bertz CT molecular complexity index is 459. The van der Waals surface area contributed by atoms with Gasteiger partial charge in [-0.3, -0.25) is 10.1 Å². The van der Waals surface area contributed by atoms with Crippen LogP contribution in [0, 0.1) is 16.0 Å². The van der Waals surface area contributed by atoms with Crippen molar-refractivity contribution in [2.24, 2.45) is 5.92 Å². The number of anilines is 2. The molecule has 6 heteroatoms. The maximum absolute atomic E-state index is 10.9.